The van der Waals surface area contributed by atoms with Crippen molar-refractivity contribution in [3.05, 3.63) is 23.5 Å². The molecule has 0 aliphatic carbocycles. The van der Waals surface area contributed by atoms with Crippen LogP contribution in [0.25, 0.3) is 5.65 Å². The SMILES string of the molecule is COCCNC(=O)Nc1cn2nc(Cl)ccc2n1. The smallest absolute Gasteiger partial charge is 0.320 e. The first-order valence-corrected chi connectivity index (χ1v) is 5.62. The van der Waals surface area contributed by atoms with E-state index in [1.165, 1.54) is 4.52 Å². The first-order chi connectivity index (χ1) is 8.69. The van der Waals surface area contributed by atoms with Gasteiger partial charge in [0.2, 0.25) is 0 Å². The van der Waals surface area contributed by atoms with Crippen LogP contribution in [0.1, 0.15) is 0 Å². The quantitative estimate of drug-likeness (QED) is 0.816. The van der Waals surface area contributed by atoms with E-state index >= 15 is 0 Å². The molecule has 18 heavy (non-hydrogen) atoms. The molecule has 0 saturated heterocycles. The van der Waals surface area contributed by atoms with Gasteiger partial charge in [-0.25, -0.2) is 14.3 Å². The fraction of sp³-hybridized carbons (Fsp3) is 0.300. The van der Waals surface area contributed by atoms with E-state index in [1.54, 1.807) is 25.4 Å². The molecule has 0 aliphatic rings. The van der Waals surface area contributed by atoms with E-state index in [4.69, 9.17) is 16.3 Å². The van der Waals surface area contributed by atoms with Crippen LogP contribution < -0.4 is 10.6 Å². The number of fused-ring (bicyclic) bond motifs is 1. The van der Waals surface area contributed by atoms with Gasteiger partial charge in [0.1, 0.15) is 5.15 Å². The highest BCUT2D eigenvalue weighted by molar-refractivity contribution is 6.29. The lowest BCUT2D eigenvalue weighted by Gasteiger charge is -2.03. The Hall–Kier alpha value is -1.86. The van der Waals surface area contributed by atoms with Gasteiger partial charge in [-0.2, -0.15) is 5.10 Å². The molecule has 2 aromatic heterocycles. The minimum absolute atomic E-state index is 0.346. The minimum atomic E-state index is -0.346. The first-order valence-electron chi connectivity index (χ1n) is 5.25. The molecule has 0 spiro atoms. The average Bonchev–Trinajstić information content (AvgIpc) is 2.70. The average molecular weight is 270 g/mol. The lowest BCUT2D eigenvalue weighted by atomic mass is 10.6. The van der Waals surface area contributed by atoms with Gasteiger partial charge in [0.05, 0.1) is 12.8 Å². The molecule has 2 rings (SSSR count). The topological polar surface area (TPSA) is 80.5 Å². The van der Waals surface area contributed by atoms with E-state index in [2.05, 4.69) is 20.7 Å². The molecule has 0 fully saturated rings. The number of hydrogen-bond acceptors (Lipinski definition) is 4. The Morgan fingerprint density at radius 2 is 2.39 bits per heavy atom. The van der Waals surface area contributed by atoms with Gasteiger partial charge in [-0.05, 0) is 12.1 Å². The summed E-state index contributed by atoms with van der Waals surface area (Å²) in [5.74, 6) is 0.402. The summed E-state index contributed by atoms with van der Waals surface area (Å²) in [5, 5.41) is 9.57. The highest BCUT2D eigenvalue weighted by Gasteiger charge is 2.06. The number of imidazole rings is 1. The number of amides is 2. The number of aromatic nitrogens is 3. The zero-order valence-electron chi connectivity index (χ0n) is 9.68. The number of rotatable bonds is 4. The van der Waals surface area contributed by atoms with Crippen LogP contribution in [-0.4, -0.2) is 40.9 Å². The maximum Gasteiger partial charge on any atom is 0.320 e. The van der Waals surface area contributed by atoms with Crippen molar-refractivity contribution in [3.63, 3.8) is 0 Å². The molecule has 8 heteroatoms. The molecule has 2 N–H and O–H groups in total. The highest BCUT2D eigenvalue weighted by Crippen LogP contribution is 2.10. The number of nitrogens with one attached hydrogen (secondary N) is 2. The van der Waals surface area contributed by atoms with Crippen LogP contribution in [0.4, 0.5) is 10.6 Å². The molecule has 96 valence electrons. The fourth-order valence-corrected chi connectivity index (χ4v) is 1.49. The van der Waals surface area contributed by atoms with Gasteiger partial charge in [-0.15, -0.1) is 0 Å². The van der Waals surface area contributed by atoms with Crippen LogP contribution in [0, 0.1) is 0 Å². The molecule has 0 unspecified atom stereocenters. The van der Waals surface area contributed by atoms with Gasteiger partial charge in [0, 0.05) is 13.7 Å². The van der Waals surface area contributed by atoms with Crippen molar-refractivity contribution in [2.75, 3.05) is 25.6 Å². The third kappa shape index (κ3) is 3.08. The number of urea groups is 1. The van der Waals surface area contributed by atoms with Gasteiger partial charge in [-0.1, -0.05) is 11.6 Å². The molecular formula is C10H12ClN5O2. The minimum Gasteiger partial charge on any atom is -0.383 e. The molecule has 2 aromatic rings. The zero-order chi connectivity index (χ0) is 13.0. The lowest BCUT2D eigenvalue weighted by molar-refractivity contribution is 0.198. The van der Waals surface area contributed by atoms with Gasteiger partial charge in [-0.3, -0.25) is 5.32 Å². The zero-order valence-corrected chi connectivity index (χ0v) is 10.4. The Morgan fingerprint density at radius 3 is 3.17 bits per heavy atom. The van der Waals surface area contributed by atoms with Crippen molar-refractivity contribution in [2.24, 2.45) is 0 Å². The fourth-order valence-electron chi connectivity index (χ4n) is 1.35. The molecule has 2 amide bonds. The predicted molar refractivity (Wildman–Crippen MR) is 66.9 cm³/mol. The van der Waals surface area contributed by atoms with Crippen molar-refractivity contribution in [3.8, 4) is 0 Å². The number of anilines is 1. The van der Waals surface area contributed by atoms with Gasteiger partial charge in [0.25, 0.3) is 0 Å². The number of carbonyl (C=O) groups excluding carboxylic acids is 1. The van der Waals surface area contributed by atoms with Gasteiger partial charge >= 0.3 is 6.03 Å². The Morgan fingerprint density at radius 1 is 1.56 bits per heavy atom. The van der Waals surface area contributed by atoms with E-state index in [0.29, 0.717) is 29.8 Å². The Balaban J connectivity index is 2.01. The van der Waals surface area contributed by atoms with E-state index < -0.39 is 0 Å². The third-order valence-electron chi connectivity index (χ3n) is 2.12. The number of ether oxygens (including phenoxy) is 1. The summed E-state index contributed by atoms with van der Waals surface area (Å²) >= 11 is 5.74. The molecule has 0 atom stereocenters. The summed E-state index contributed by atoms with van der Waals surface area (Å²) in [6.45, 7) is 0.884. The summed E-state index contributed by atoms with van der Waals surface area (Å²) < 4.78 is 6.31. The summed E-state index contributed by atoms with van der Waals surface area (Å²) in [5.41, 5.74) is 0.603. The standard InChI is InChI=1S/C10H12ClN5O2/c1-18-5-4-12-10(17)14-8-6-16-9(13-8)3-2-7(11)15-16/h2-3,6H,4-5H2,1H3,(H2,12,14,17). The number of halogens is 1. The second-order valence-corrected chi connectivity index (χ2v) is 3.85. The Bertz CT molecular complexity index is 556. The van der Waals surface area contributed by atoms with Crippen LogP contribution in [0.5, 0.6) is 0 Å². The van der Waals surface area contributed by atoms with E-state index in [0.717, 1.165) is 0 Å². The van der Waals surface area contributed by atoms with Crippen LogP contribution >= 0.6 is 11.6 Å². The van der Waals surface area contributed by atoms with Gasteiger partial charge < -0.3 is 10.1 Å². The molecule has 7 nitrogen and oxygen atoms in total. The van der Waals surface area contributed by atoms with E-state index in [-0.39, 0.29) is 6.03 Å². The second-order valence-electron chi connectivity index (χ2n) is 3.46. The number of carbonyl (C=O) groups is 1. The first kappa shape index (κ1) is 12.6. The van der Waals surface area contributed by atoms with Crippen molar-refractivity contribution in [1.82, 2.24) is 19.9 Å². The van der Waals surface area contributed by atoms with Crippen molar-refractivity contribution in [1.29, 1.82) is 0 Å². The van der Waals surface area contributed by atoms with Crippen molar-refractivity contribution in [2.45, 2.75) is 0 Å². The molecule has 0 radical (unpaired) electrons. The third-order valence-corrected chi connectivity index (χ3v) is 2.32. The predicted octanol–water partition coefficient (Wildman–Crippen LogP) is 1.15. The molecule has 0 bridgehead atoms. The van der Waals surface area contributed by atoms with Crippen molar-refractivity contribution >= 4 is 29.1 Å². The maximum atomic E-state index is 11.5. The van der Waals surface area contributed by atoms with Gasteiger partial charge in [0.15, 0.2) is 11.5 Å². The largest absolute Gasteiger partial charge is 0.383 e. The molecule has 0 saturated carbocycles. The highest BCUT2D eigenvalue weighted by atomic mass is 35.5. The van der Waals surface area contributed by atoms with Crippen LogP contribution in [-0.2, 0) is 4.74 Å². The maximum absolute atomic E-state index is 11.5. The number of methoxy groups -OCH3 is 1. The Labute approximate surface area is 108 Å². The van der Waals surface area contributed by atoms with Crippen molar-refractivity contribution < 1.29 is 9.53 Å². The van der Waals surface area contributed by atoms with E-state index in [9.17, 15) is 4.79 Å². The number of hydrogen-bond donors (Lipinski definition) is 2. The molecular weight excluding hydrogens is 258 g/mol. The summed E-state index contributed by atoms with van der Waals surface area (Å²) in [6.07, 6.45) is 1.58. The van der Waals surface area contributed by atoms with E-state index in [1.807, 2.05) is 0 Å². The second kappa shape index (κ2) is 5.65. The van der Waals surface area contributed by atoms with Crippen LogP contribution in [0.15, 0.2) is 18.3 Å². The Kier molecular flexibility index (Phi) is 3.96. The molecule has 2 heterocycles. The lowest BCUT2D eigenvalue weighted by Crippen LogP contribution is -2.31. The normalized spacial score (nSPS) is 10.6. The number of nitrogens with zero attached hydrogens (tertiary/aromatic N) is 3. The van der Waals surface area contributed by atoms with Crippen LogP contribution in [0.3, 0.4) is 0 Å². The molecule has 0 aromatic carbocycles. The molecule has 0 aliphatic heterocycles. The van der Waals surface area contributed by atoms with Crippen LogP contribution in [0.2, 0.25) is 5.15 Å². The monoisotopic (exact) mass is 269 g/mol. The summed E-state index contributed by atoms with van der Waals surface area (Å²) in [7, 11) is 1.57. The summed E-state index contributed by atoms with van der Waals surface area (Å²) in [4.78, 5) is 15.6. The summed E-state index contributed by atoms with van der Waals surface area (Å²) in [6, 6.07) is 3.00.